The lowest BCUT2D eigenvalue weighted by molar-refractivity contribution is -0.136. The first-order chi connectivity index (χ1) is 19.4. The highest BCUT2D eigenvalue weighted by molar-refractivity contribution is 7.93. The van der Waals surface area contributed by atoms with Gasteiger partial charge >= 0.3 is 6.18 Å². The van der Waals surface area contributed by atoms with Gasteiger partial charge in [-0.1, -0.05) is 24.3 Å². The van der Waals surface area contributed by atoms with Crippen LogP contribution in [0.25, 0.3) is 10.9 Å². The summed E-state index contributed by atoms with van der Waals surface area (Å²) in [6.45, 7) is 2.35. The number of sulfonamides is 1. The van der Waals surface area contributed by atoms with Gasteiger partial charge in [0.15, 0.2) is 0 Å². The summed E-state index contributed by atoms with van der Waals surface area (Å²) in [5.74, 6) is -0.956. The van der Waals surface area contributed by atoms with Crippen molar-refractivity contribution < 1.29 is 31.2 Å². The number of para-hydroxylation sites is 1. The first-order valence-electron chi connectivity index (χ1n) is 12.5. The number of halogens is 3. The Balaban J connectivity index is 1.35. The summed E-state index contributed by atoms with van der Waals surface area (Å²) in [5, 5.41) is 0.504. The predicted molar refractivity (Wildman–Crippen MR) is 145 cm³/mol. The highest BCUT2D eigenvalue weighted by atomic mass is 32.2. The van der Waals surface area contributed by atoms with Crippen molar-refractivity contribution in [2.75, 3.05) is 30.9 Å². The number of carbonyl (C=O) groups is 2. The summed E-state index contributed by atoms with van der Waals surface area (Å²) in [6.07, 6.45) is -3.57. The van der Waals surface area contributed by atoms with Crippen molar-refractivity contribution in [2.45, 2.75) is 18.0 Å². The molecule has 1 aliphatic rings. The number of carbonyl (C=O) groups excluding carboxylic acids is 2. The van der Waals surface area contributed by atoms with Crippen molar-refractivity contribution in [1.82, 2.24) is 19.8 Å². The number of hydrogen-bond acceptors (Lipinski definition) is 6. The Labute approximate surface area is 233 Å². The van der Waals surface area contributed by atoms with Crippen LogP contribution in [0.2, 0.25) is 0 Å². The average molecular weight is 584 g/mol. The van der Waals surface area contributed by atoms with Crippen LogP contribution >= 0.6 is 0 Å². The van der Waals surface area contributed by atoms with Gasteiger partial charge < -0.3 is 9.80 Å². The minimum Gasteiger partial charge on any atom is -0.335 e. The largest absolute Gasteiger partial charge is 0.418 e. The number of rotatable bonds is 5. The van der Waals surface area contributed by atoms with E-state index in [4.69, 9.17) is 0 Å². The second-order valence-electron chi connectivity index (χ2n) is 9.44. The van der Waals surface area contributed by atoms with Gasteiger partial charge in [-0.15, -0.1) is 0 Å². The number of alkyl halides is 3. The summed E-state index contributed by atoms with van der Waals surface area (Å²) in [7, 11) is -4.47. The second kappa shape index (κ2) is 10.8. The van der Waals surface area contributed by atoms with Crippen molar-refractivity contribution in [1.29, 1.82) is 0 Å². The monoisotopic (exact) mass is 583 g/mol. The summed E-state index contributed by atoms with van der Waals surface area (Å²) in [6, 6.07) is 15.4. The Morgan fingerprint density at radius 3 is 2.22 bits per heavy atom. The van der Waals surface area contributed by atoms with Crippen molar-refractivity contribution in [3.05, 3.63) is 95.4 Å². The zero-order valence-electron chi connectivity index (χ0n) is 21.7. The zero-order valence-corrected chi connectivity index (χ0v) is 22.5. The molecule has 0 radical (unpaired) electrons. The first-order valence-corrected chi connectivity index (χ1v) is 14.0. The predicted octanol–water partition coefficient (Wildman–Crippen LogP) is 4.36. The highest BCUT2D eigenvalue weighted by Gasteiger charge is 2.36. The Bertz CT molecular complexity index is 1750. The molecule has 0 bridgehead atoms. The van der Waals surface area contributed by atoms with E-state index in [2.05, 4.69) is 9.97 Å². The third-order valence-electron chi connectivity index (χ3n) is 6.66. The van der Waals surface area contributed by atoms with Crippen LogP contribution in [-0.2, 0) is 16.2 Å². The van der Waals surface area contributed by atoms with Crippen LogP contribution in [0, 0.1) is 6.92 Å². The SMILES string of the molecule is Cc1cccc(C(=O)N2CCN(C(=O)c3ccc(NS(=O)(=O)c4cccc5cccnc45)c(C(F)(F)F)c3)CC2)n1. The molecular weight excluding hydrogens is 559 g/mol. The topological polar surface area (TPSA) is 113 Å². The molecule has 2 amide bonds. The minimum atomic E-state index is -4.96. The van der Waals surface area contributed by atoms with E-state index in [1.807, 2.05) is 4.72 Å². The van der Waals surface area contributed by atoms with E-state index in [0.717, 1.165) is 12.1 Å². The van der Waals surface area contributed by atoms with Crippen molar-refractivity contribution in [2.24, 2.45) is 0 Å². The molecule has 1 fully saturated rings. The van der Waals surface area contributed by atoms with Crippen LogP contribution < -0.4 is 4.72 Å². The van der Waals surface area contributed by atoms with E-state index in [-0.39, 0.29) is 53.8 Å². The molecule has 0 unspecified atom stereocenters. The summed E-state index contributed by atoms with van der Waals surface area (Å²) in [4.78, 5) is 36.8. The number of anilines is 1. The van der Waals surface area contributed by atoms with Crippen LogP contribution in [0.5, 0.6) is 0 Å². The minimum absolute atomic E-state index is 0.110. The smallest absolute Gasteiger partial charge is 0.335 e. The van der Waals surface area contributed by atoms with Crippen molar-refractivity contribution in [3.8, 4) is 0 Å². The molecular formula is C28H24F3N5O4S. The molecule has 9 nitrogen and oxygen atoms in total. The maximum Gasteiger partial charge on any atom is 0.418 e. The van der Waals surface area contributed by atoms with Crippen molar-refractivity contribution >= 4 is 38.4 Å². The number of aromatic nitrogens is 2. The van der Waals surface area contributed by atoms with Gasteiger partial charge in [-0.2, -0.15) is 13.2 Å². The quantitative estimate of drug-likeness (QED) is 0.374. The van der Waals surface area contributed by atoms with E-state index < -0.39 is 33.4 Å². The fourth-order valence-electron chi connectivity index (χ4n) is 4.61. The second-order valence-corrected chi connectivity index (χ2v) is 11.1. The number of pyridine rings is 2. The summed E-state index contributed by atoms with van der Waals surface area (Å²) >= 11 is 0. The highest BCUT2D eigenvalue weighted by Crippen LogP contribution is 2.37. The molecule has 41 heavy (non-hydrogen) atoms. The Hall–Kier alpha value is -4.52. The Morgan fingerprint density at radius 2 is 1.54 bits per heavy atom. The molecule has 0 atom stereocenters. The number of piperazine rings is 1. The third-order valence-corrected chi connectivity index (χ3v) is 8.06. The molecule has 4 aromatic rings. The maximum absolute atomic E-state index is 14.1. The molecule has 0 saturated carbocycles. The normalized spacial score (nSPS) is 14.2. The van der Waals surface area contributed by atoms with E-state index in [1.54, 1.807) is 43.3 Å². The van der Waals surface area contributed by atoms with Gasteiger partial charge in [0.1, 0.15) is 10.6 Å². The molecule has 13 heteroatoms. The first kappa shape index (κ1) is 28.0. The fourth-order valence-corrected chi connectivity index (χ4v) is 5.87. The number of nitrogens with zero attached hydrogens (tertiary/aromatic N) is 4. The number of aryl methyl sites for hydroxylation is 1. The zero-order chi connectivity index (χ0) is 29.4. The van der Waals surface area contributed by atoms with Crippen LogP contribution in [0.15, 0.2) is 77.8 Å². The van der Waals surface area contributed by atoms with Gasteiger partial charge in [-0.25, -0.2) is 13.4 Å². The molecule has 1 saturated heterocycles. The number of amides is 2. The van der Waals surface area contributed by atoms with E-state index in [1.165, 1.54) is 28.1 Å². The third kappa shape index (κ3) is 5.85. The van der Waals surface area contributed by atoms with Gasteiger partial charge in [0.2, 0.25) is 0 Å². The summed E-state index contributed by atoms with van der Waals surface area (Å²) < 4.78 is 70.5. The molecule has 5 rings (SSSR count). The number of hydrogen-bond donors (Lipinski definition) is 1. The maximum atomic E-state index is 14.1. The Morgan fingerprint density at radius 1 is 0.878 bits per heavy atom. The number of fused-ring (bicyclic) bond motifs is 1. The van der Waals surface area contributed by atoms with Crippen LogP contribution in [0.4, 0.5) is 18.9 Å². The number of benzene rings is 2. The van der Waals surface area contributed by atoms with E-state index >= 15 is 0 Å². The van der Waals surface area contributed by atoms with Gasteiger partial charge in [-0.3, -0.25) is 19.3 Å². The van der Waals surface area contributed by atoms with Gasteiger partial charge in [0, 0.05) is 49.0 Å². The molecule has 1 N–H and O–H groups in total. The van der Waals surface area contributed by atoms with Crippen LogP contribution in [0.1, 0.15) is 32.1 Å². The fraction of sp³-hybridized carbons (Fsp3) is 0.214. The van der Waals surface area contributed by atoms with Gasteiger partial charge in [0.05, 0.1) is 16.8 Å². The van der Waals surface area contributed by atoms with E-state index in [9.17, 15) is 31.2 Å². The number of nitrogens with one attached hydrogen (secondary N) is 1. The lowest BCUT2D eigenvalue weighted by Crippen LogP contribution is -2.50. The standard InChI is InChI=1S/C28H24F3N5O4S/c1-18-5-2-8-23(33-18)27(38)36-15-13-35(14-16-36)26(37)20-10-11-22(21(17-20)28(29,30)31)34-41(39,40)24-9-3-6-19-7-4-12-32-25(19)24/h2-12,17,34H,13-16H2,1H3. The molecule has 2 aromatic carbocycles. The van der Waals surface area contributed by atoms with Gasteiger partial charge in [0.25, 0.3) is 21.8 Å². The lowest BCUT2D eigenvalue weighted by Gasteiger charge is -2.34. The van der Waals surface area contributed by atoms with Crippen molar-refractivity contribution in [3.63, 3.8) is 0 Å². The Kier molecular flexibility index (Phi) is 7.39. The van der Waals surface area contributed by atoms with Crippen LogP contribution in [-0.4, -0.2) is 66.2 Å². The molecule has 212 valence electrons. The molecule has 2 aromatic heterocycles. The average Bonchev–Trinajstić information content (AvgIpc) is 2.95. The molecule has 3 heterocycles. The lowest BCUT2D eigenvalue weighted by atomic mass is 10.1. The summed E-state index contributed by atoms with van der Waals surface area (Å²) in [5.41, 5.74) is -1.21. The van der Waals surface area contributed by atoms with Crippen LogP contribution in [0.3, 0.4) is 0 Å². The molecule has 0 spiro atoms. The van der Waals surface area contributed by atoms with E-state index in [0.29, 0.717) is 17.1 Å². The molecule has 1 aliphatic heterocycles. The molecule has 0 aliphatic carbocycles. The van der Waals surface area contributed by atoms with Gasteiger partial charge in [-0.05, 0) is 49.4 Å².